The number of amides is 1. The van der Waals surface area contributed by atoms with Gasteiger partial charge in [0, 0.05) is 5.02 Å². The average molecular weight is 255 g/mol. The van der Waals surface area contributed by atoms with E-state index in [1.54, 1.807) is 0 Å². The Morgan fingerprint density at radius 1 is 1.47 bits per heavy atom. The molecule has 0 aliphatic heterocycles. The molecule has 1 N–H and O–H groups in total. The molecule has 0 radical (unpaired) electrons. The van der Waals surface area contributed by atoms with Gasteiger partial charge in [-0.05, 0) is 32.1 Å². The van der Waals surface area contributed by atoms with Gasteiger partial charge >= 0.3 is 0 Å². The quantitative estimate of drug-likeness (QED) is 0.876. The number of nitrogens with one attached hydrogen (secondary N) is 1. The molecular weight excluding hydrogens is 236 g/mol. The highest BCUT2D eigenvalue weighted by molar-refractivity contribution is 6.31. The van der Waals surface area contributed by atoms with Crippen LogP contribution in [-0.2, 0) is 4.79 Å². The van der Waals surface area contributed by atoms with E-state index >= 15 is 0 Å². The van der Waals surface area contributed by atoms with E-state index in [4.69, 9.17) is 11.6 Å². The molecule has 1 aromatic carbocycles. The van der Waals surface area contributed by atoms with Crippen LogP contribution in [0.4, 0.5) is 0 Å². The molecule has 3 nitrogen and oxygen atoms in total. The van der Waals surface area contributed by atoms with Gasteiger partial charge in [0.15, 0.2) is 0 Å². The maximum atomic E-state index is 11.7. The van der Waals surface area contributed by atoms with Crippen LogP contribution < -0.4 is 5.32 Å². The molecule has 1 aromatic rings. The molecule has 0 aliphatic rings. The maximum absolute atomic E-state index is 11.7. The van der Waals surface area contributed by atoms with Crippen LogP contribution in [0, 0.1) is 0 Å². The van der Waals surface area contributed by atoms with Crippen LogP contribution in [0.5, 0.6) is 0 Å². The third-order valence-corrected chi connectivity index (χ3v) is 3.05. The predicted molar refractivity (Wildman–Crippen MR) is 71.2 cm³/mol. The van der Waals surface area contributed by atoms with Gasteiger partial charge < -0.3 is 5.32 Å². The number of hydrogen-bond donors (Lipinski definition) is 1. The fourth-order valence-electron chi connectivity index (χ4n) is 1.55. The Balaban J connectivity index is 2.58. The van der Waals surface area contributed by atoms with E-state index in [-0.39, 0.29) is 11.9 Å². The van der Waals surface area contributed by atoms with E-state index in [0.29, 0.717) is 11.6 Å². The second-order valence-electron chi connectivity index (χ2n) is 4.14. The fourth-order valence-corrected chi connectivity index (χ4v) is 1.85. The summed E-state index contributed by atoms with van der Waals surface area (Å²) in [5, 5.41) is 3.62. The molecule has 17 heavy (non-hydrogen) atoms. The largest absolute Gasteiger partial charge is 0.348 e. The summed E-state index contributed by atoms with van der Waals surface area (Å²) in [5.41, 5.74) is 0.946. The van der Waals surface area contributed by atoms with Gasteiger partial charge in [-0.15, -0.1) is 0 Å². The van der Waals surface area contributed by atoms with Crippen LogP contribution in [0.25, 0.3) is 0 Å². The smallest absolute Gasteiger partial charge is 0.234 e. The fraction of sp³-hybridized carbons (Fsp3) is 0.462. The molecule has 0 bridgehead atoms. The van der Waals surface area contributed by atoms with Crippen molar-refractivity contribution in [2.24, 2.45) is 0 Å². The summed E-state index contributed by atoms with van der Waals surface area (Å²) in [6.45, 7) is 5.22. The number of carbonyl (C=O) groups excluding carboxylic acids is 1. The molecule has 0 aliphatic carbocycles. The van der Waals surface area contributed by atoms with Gasteiger partial charge in [0.1, 0.15) is 0 Å². The first-order valence-electron chi connectivity index (χ1n) is 5.77. The summed E-state index contributed by atoms with van der Waals surface area (Å²) in [7, 11) is 1.92. The Labute approximate surface area is 108 Å². The summed E-state index contributed by atoms with van der Waals surface area (Å²) < 4.78 is 0. The molecule has 94 valence electrons. The van der Waals surface area contributed by atoms with Crippen molar-refractivity contribution in [2.75, 3.05) is 20.1 Å². The van der Waals surface area contributed by atoms with Crippen molar-refractivity contribution in [2.45, 2.75) is 19.9 Å². The topological polar surface area (TPSA) is 32.3 Å². The predicted octanol–water partition coefficient (Wildman–Crippen LogP) is 2.47. The van der Waals surface area contributed by atoms with E-state index in [0.717, 1.165) is 12.1 Å². The zero-order valence-electron chi connectivity index (χ0n) is 10.5. The zero-order chi connectivity index (χ0) is 12.8. The van der Waals surface area contributed by atoms with E-state index < -0.39 is 0 Å². The molecular formula is C13H19ClN2O. The van der Waals surface area contributed by atoms with Gasteiger partial charge in [-0.1, -0.05) is 36.7 Å². The number of halogens is 1. The first-order valence-corrected chi connectivity index (χ1v) is 6.14. The summed E-state index contributed by atoms with van der Waals surface area (Å²) in [4.78, 5) is 13.7. The Kier molecular flexibility index (Phi) is 5.45. The molecule has 0 aromatic heterocycles. The van der Waals surface area contributed by atoms with Crippen LogP contribution in [0.1, 0.15) is 25.5 Å². The molecule has 1 unspecified atom stereocenters. The van der Waals surface area contributed by atoms with E-state index in [1.165, 1.54) is 0 Å². The Morgan fingerprint density at radius 2 is 2.12 bits per heavy atom. The Morgan fingerprint density at radius 3 is 2.71 bits per heavy atom. The Bertz CT molecular complexity index is 381. The molecule has 4 heteroatoms. The van der Waals surface area contributed by atoms with Crippen molar-refractivity contribution in [3.63, 3.8) is 0 Å². The molecule has 1 rings (SSSR count). The molecule has 0 heterocycles. The number of rotatable bonds is 5. The minimum Gasteiger partial charge on any atom is -0.348 e. The summed E-state index contributed by atoms with van der Waals surface area (Å²) in [6, 6.07) is 7.49. The molecule has 0 saturated heterocycles. The first kappa shape index (κ1) is 14.0. The highest BCUT2D eigenvalue weighted by atomic mass is 35.5. The van der Waals surface area contributed by atoms with Crippen molar-refractivity contribution >= 4 is 17.5 Å². The second kappa shape index (κ2) is 6.62. The minimum atomic E-state index is -0.0681. The normalized spacial score (nSPS) is 12.5. The van der Waals surface area contributed by atoms with Crippen molar-refractivity contribution in [1.82, 2.24) is 10.2 Å². The summed E-state index contributed by atoms with van der Waals surface area (Å²) in [5.74, 6) is 0.0155. The van der Waals surface area contributed by atoms with Crippen LogP contribution in [0.3, 0.4) is 0 Å². The van der Waals surface area contributed by atoms with Crippen molar-refractivity contribution < 1.29 is 4.79 Å². The van der Waals surface area contributed by atoms with Gasteiger partial charge in [-0.2, -0.15) is 0 Å². The monoisotopic (exact) mass is 254 g/mol. The molecule has 0 saturated carbocycles. The lowest BCUT2D eigenvalue weighted by Crippen LogP contribution is -2.36. The zero-order valence-corrected chi connectivity index (χ0v) is 11.3. The maximum Gasteiger partial charge on any atom is 0.234 e. The lowest BCUT2D eigenvalue weighted by molar-refractivity contribution is -0.122. The van der Waals surface area contributed by atoms with E-state index in [1.807, 2.05) is 50.1 Å². The van der Waals surface area contributed by atoms with Crippen molar-refractivity contribution in [1.29, 1.82) is 0 Å². The van der Waals surface area contributed by atoms with Gasteiger partial charge in [0.2, 0.25) is 5.91 Å². The number of likely N-dealkylation sites (N-methyl/N-ethyl adjacent to an activating group) is 1. The molecule has 1 atom stereocenters. The van der Waals surface area contributed by atoms with E-state index in [9.17, 15) is 4.79 Å². The Hall–Kier alpha value is -1.06. The van der Waals surface area contributed by atoms with Crippen LogP contribution in [0.2, 0.25) is 5.02 Å². The van der Waals surface area contributed by atoms with Crippen LogP contribution >= 0.6 is 11.6 Å². The third kappa shape index (κ3) is 4.36. The summed E-state index contributed by atoms with van der Waals surface area (Å²) >= 11 is 6.07. The van der Waals surface area contributed by atoms with Gasteiger partial charge in [0.05, 0.1) is 12.6 Å². The SMILES string of the molecule is CCN(C)CC(=O)NC(C)c1ccccc1Cl. The van der Waals surface area contributed by atoms with Gasteiger partial charge in [-0.25, -0.2) is 0 Å². The average Bonchev–Trinajstić information content (AvgIpc) is 2.29. The number of nitrogens with zero attached hydrogens (tertiary/aromatic N) is 1. The second-order valence-corrected chi connectivity index (χ2v) is 4.55. The molecule has 0 spiro atoms. The summed E-state index contributed by atoms with van der Waals surface area (Å²) in [6.07, 6.45) is 0. The first-order chi connectivity index (χ1) is 8.04. The molecule has 1 amide bonds. The lowest BCUT2D eigenvalue weighted by atomic mass is 10.1. The highest BCUT2D eigenvalue weighted by Gasteiger charge is 2.12. The number of benzene rings is 1. The number of carbonyl (C=O) groups is 1. The van der Waals surface area contributed by atoms with Crippen LogP contribution in [0.15, 0.2) is 24.3 Å². The standard InChI is InChI=1S/C13H19ClN2O/c1-4-16(3)9-13(17)15-10(2)11-7-5-6-8-12(11)14/h5-8,10H,4,9H2,1-3H3,(H,15,17). The van der Waals surface area contributed by atoms with Gasteiger partial charge in [-0.3, -0.25) is 9.69 Å². The highest BCUT2D eigenvalue weighted by Crippen LogP contribution is 2.21. The number of hydrogen-bond acceptors (Lipinski definition) is 2. The van der Waals surface area contributed by atoms with Crippen molar-refractivity contribution in [3.05, 3.63) is 34.9 Å². The minimum absolute atomic E-state index is 0.0155. The third-order valence-electron chi connectivity index (χ3n) is 2.70. The lowest BCUT2D eigenvalue weighted by Gasteiger charge is -2.18. The van der Waals surface area contributed by atoms with Crippen LogP contribution in [-0.4, -0.2) is 30.9 Å². The van der Waals surface area contributed by atoms with E-state index in [2.05, 4.69) is 5.32 Å². The van der Waals surface area contributed by atoms with Gasteiger partial charge in [0.25, 0.3) is 0 Å². The molecule has 0 fully saturated rings. The van der Waals surface area contributed by atoms with Crippen molar-refractivity contribution in [3.8, 4) is 0 Å².